The van der Waals surface area contributed by atoms with Crippen LogP contribution in [0.15, 0.2) is 18.2 Å². The first-order valence-electron chi connectivity index (χ1n) is 8.58. The minimum atomic E-state index is -5.08. The van der Waals surface area contributed by atoms with Crippen LogP contribution >= 0.6 is 11.5 Å². The van der Waals surface area contributed by atoms with Gasteiger partial charge in [-0.25, -0.2) is 13.6 Å². The minimum Gasteiger partial charge on any atom is -0.481 e. The molecule has 8 nitrogen and oxygen atoms in total. The molecule has 1 fully saturated rings. The molecule has 0 saturated carbocycles. The van der Waals surface area contributed by atoms with Crippen LogP contribution in [0.2, 0.25) is 0 Å². The monoisotopic (exact) mass is 469 g/mol. The van der Waals surface area contributed by atoms with E-state index >= 15 is 0 Å². The number of anilines is 1. The molecule has 1 aromatic heterocycles. The maximum Gasteiger partial charge on any atom is 0.490 e. The fourth-order valence-electron chi connectivity index (χ4n) is 2.58. The lowest BCUT2D eigenvalue weighted by Gasteiger charge is -2.32. The van der Waals surface area contributed by atoms with Crippen LogP contribution in [0.1, 0.15) is 12.8 Å². The van der Waals surface area contributed by atoms with E-state index in [1.165, 1.54) is 0 Å². The number of halogens is 5. The van der Waals surface area contributed by atoms with Crippen LogP contribution in [0, 0.1) is 17.0 Å². The lowest BCUT2D eigenvalue weighted by molar-refractivity contribution is -0.192. The quantitative estimate of drug-likeness (QED) is 0.570. The number of carboxylic acids is 2. The van der Waals surface area contributed by atoms with Crippen molar-refractivity contribution in [3.05, 3.63) is 29.8 Å². The molecular weight excluding hydrogens is 453 g/mol. The number of benzene rings is 1. The van der Waals surface area contributed by atoms with Gasteiger partial charge in [0, 0.05) is 36.3 Å². The van der Waals surface area contributed by atoms with Gasteiger partial charge >= 0.3 is 18.1 Å². The summed E-state index contributed by atoms with van der Waals surface area (Å²) >= 11 is 1.00. The summed E-state index contributed by atoms with van der Waals surface area (Å²) in [6.45, 7) is 0.841. The Hall–Kier alpha value is -2.87. The Labute approximate surface area is 175 Å². The highest BCUT2D eigenvalue weighted by molar-refractivity contribution is 7.09. The zero-order valence-electron chi connectivity index (χ0n) is 15.6. The Morgan fingerprint density at radius 2 is 1.81 bits per heavy atom. The number of ether oxygens (including phenoxy) is 1. The van der Waals surface area contributed by atoms with Crippen molar-refractivity contribution in [3.63, 3.8) is 0 Å². The average molecular weight is 469 g/mol. The fraction of sp³-hybridized carbons (Fsp3) is 0.412. The molecule has 0 aliphatic carbocycles. The molecule has 0 radical (unpaired) electrons. The van der Waals surface area contributed by atoms with Crippen molar-refractivity contribution in [2.24, 2.45) is 5.41 Å². The molecule has 3 rings (SSSR count). The van der Waals surface area contributed by atoms with E-state index in [1.807, 2.05) is 0 Å². The summed E-state index contributed by atoms with van der Waals surface area (Å²) in [5.41, 5.74) is -0.777. The summed E-state index contributed by atoms with van der Waals surface area (Å²) in [4.78, 5) is 24.6. The van der Waals surface area contributed by atoms with Gasteiger partial charge in [0.05, 0.1) is 6.61 Å². The second kappa shape index (κ2) is 9.96. The summed E-state index contributed by atoms with van der Waals surface area (Å²) in [5, 5.41) is 19.9. The van der Waals surface area contributed by atoms with Gasteiger partial charge < -0.3 is 20.3 Å². The topological polar surface area (TPSA) is 122 Å². The van der Waals surface area contributed by atoms with Gasteiger partial charge in [-0.2, -0.15) is 22.5 Å². The Balaban J connectivity index is 0.000000423. The third kappa shape index (κ3) is 6.82. The zero-order chi connectivity index (χ0) is 23.2. The van der Waals surface area contributed by atoms with Crippen LogP contribution in [0.3, 0.4) is 0 Å². The highest BCUT2D eigenvalue weighted by Crippen LogP contribution is 2.30. The molecule has 1 unspecified atom stereocenters. The molecule has 0 amide bonds. The highest BCUT2D eigenvalue weighted by Gasteiger charge is 2.41. The Morgan fingerprint density at radius 3 is 2.29 bits per heavy atom. The van der Waals surface area contributed by atoms with Crippen LogP contribution in [-0.2, 0) is 14.3 Å². The van der Waals surface area contributed by atoms with E-state index in [4.69, 9.17) is 14.6 Å². The second-order valence-corrected chi connectivity index (χ2v) is 7.23. The van der Waals surface area contributed by atoms with Crippen LogP contribution in [0.4, 0.5) is 27.1 Å². The molecule has 2 heterocycles. The fourth-order valence-corrected chi connectivity index (χ4v) is 3.16. The molecule has 0 spiro atoms. The minimum absolute atomic E-state index is 0.135. The van der Waals surface area contributed by atoms with Crippen LogP contribution < -0.4 is 5.32 Å². The number of aliphatic carboxylic acids is 2. The molecule has 1 saturated heterocycles. The maximum absolute atomic E-state index is 13.3. The largest absolute Gasteiger partial charge is 0.490 e. The molecule has 14 heteroatoms. The van der Waals surface area contributed by atoms with E-state index in [0.29, 0.717) is 24.6 Å². The predicted molar refractivity (Wildman–Crippen MR) is 97.6 cm³/mol. The molecule has 1 atom stereocenters. The third-order valence-corrected chi connectivity index (χ3v) is 4.82. The van der Waals surface area contributed by atoms with Crippen molar-refractivity contribution in [2.75, 3.05) is 25.1 Å². The Kier molecular flexibility index (Phi) is 7.84. The van der Waals surface area contributed by atoms with E-state index in [1.54, 1.807) is 0 Å². The normalized spacial score (nSPS) is 18.6. The van der Waals surface area contributed by atoms with Crippen molar-refractivity contribution >= 4 is 28.6 Å². The van der Waals surface area contributed by atoms with Gasteiger partial charge in [0.1, 0.15) is 17.0 Å². The Bertz CT molecular complexity index is 911. The van der Waals surface area contributed by atoms with Gasteiger partial charge in [-0.1, -0.05) is 0 Å². The van der Waals surface area contributed by atoms with E-state index in [2.05, 4.69) is 14.7 Å². The van der Waals surface area contributed by atoms with Crippen molar-refractivity contribution in [2.45, 2.75) is 19.0 Å². The van der Waals surface area contributed by atoms with Gasteiger partial charge in [-0.3, -0.25) is 4.79 Å². The van der Waals surface area contributed by atoms with E-state index in [0.717, 1.165) is 29.7 Å². The van der Waals surface area contributed by atoms with Crippen molar-refractivity contribution in [3.8, 4) is 11.4 Å². The SMILES string of the molecule is O=C(O)C(F)(F)F.O=C(O)C1(CNc2nc(-c3cc(F)cc(F)c3)ns2)CCCOC1. The van der Waals surface area contributed by atoms with Gasteiger partial charge in [-0.05, 0) is 25.0 Å². The maximum atomic E-state index is 13.3. The molecule has 2 aromatic rings. The molecule has 1 aliphatic heterocycles. The van der Waals surface area contributed by atoms with Crippen molar-refractivity contribution in [1.29, 1.82) is 0 Å². The molecule has 1 aliphatic rings. The van der Waals surface area contributed by atoms with Crippen LogP contribution in [-0.4, -0.2) is 57.4 Å². The number of hydrogen-bond donors (Lipinski definition) is 3. The second-order valence-electron chi connectivity index (χ2n) is 6.48. The molecule has 170 valence electrons. The van der Waals surface area contributed by atoms with Gasteiger partial charge in [0.25, 0.3) is 0 Å². The molecule has 3 N–H and O–H groups in total. The number of rotatable bonds is 5. The third-order valence-electron chi connectivity index (χ3n) is 4.14. The average Bonchev–Trinajstić information content (AvgIpc) is 3.15. The Morgan fingerprint density at radius 1 is 1.19 bits per heavy atom. The van der Waals surface area contributed by atoms with E-state index < -0.39 is 35.2 Å². The number of aromatic nitrogens is 2. The lowest BCUT2D eigenvalue weighted by atomic mass is 9.82. The standard InChI is InChI=1S/C15H15F2N3O3S.C2HF3O2/c16-10-4-9(5-11(17)6-10)12-19-14(24-20-12)18-7-15(13(21)22)2-1-3-23-8-15;3-2(4,5)1(6)7/h4-6H,1-3,7-8H2,(H,21,22)(H,18,19,20);(H,6,7). The van der Waals surface area contributed by atoms with Crippen LogP contribution in [0.5, 0.6) is 0 Å². The summed E-state index contributed by atoms with van der Waals surface area (Å²) in [6.07, 6.45) is -3.89. The first-order chi connectivity index (χ1) is 14.4. The molecule has 1 aromatic carbocycles. The first kappa shape index (κ1) is 24.4. The van der Waals surface area contributed by atoms with Gasteiger partial charge in [0.15, 0.2) is 5.82 Å². The summed E-state index contributed by atoms with van der Waals surface area (Å²) in [5.74, 6) is -4.92. The summed E-state index contributed by atoms with van der Waals surface area (Å²) in [7, 11) is 0. The van der Waals surface area contributed by atoms with Crippen LogP contribution in [0.25, 0.3) is 11.4 Å². The zero-order valence-corrected chi connectivity index (χ0v) is 16.4. The van der Waals surface area contributed by atoms with Crippen molar-refractivity contribution in [1.82, 2.24) is 9.36 Å². The smallest absolute Gasteiger partial charge is 0.481 e. The van der Waals surface area contributed by atoms with E-state index in [-0.39, 0.29) is 24.5 Å². The predicted octanol–water partition coefficient (Wildman–Crippen LogP) is 3.41. The first-order valence-corrected chi connectivity index (χ1v) is 9.35. The summed E-state index contributed by atoms with van der Waals surface area (Å²) < 4.78 is 67.6. The van der Waals surface area contributed by atoms with Gasteiger partial charge in [-0.15, -0.1) is 0 Å². The molecular formula is C17H16F5N3O5S. The lowest BCUT2D eigenvalue weighted by Crippen LogP contribution is -2.44. The number of carboxylic acid groups (broad SMARTS) is 2. The number of nitrogens with zero attached hydrogens (tertiary/aromatic N) is 2. The molecule has 0 bridgehead atoms. The van der Waals surface area contributed by atoms with E-state index in [9.17, 15) is 31.9 Å². The van der Waals surface area contributed by atoms with Crippen molar-refractivity contribution < 1.29 is 46.5 Å². The number of alkyl halides is 3. The summed E-state index contributed by atoms with van der Waals surface area (Å²) in [6, 6.07) is 3.06. The number of hydrogen-bond acceptors (Lipinski definition) is 7. The number of carbonyl (C=O) groups is 2. The molecule has 31 heavy (non-hydrogen) atoms. The highest BCUT2D eigenvalue weighted by atomic mass is 32.1. The van der Waals surface area contributed by atoms with Gasteiger partial charge in [0.2, 0.25) is 5.13 Å². The number of nitrogens with one attached hydrogen (secondary N) is 1.